The summed E-state index contributed by atoms with van der Waals surface area (Å²) < 4.78 is 1.61. The summed E-state index contributed by atoms with van der Waals surface area (Å²) in [4.78, 5) is 11.9. The molecule has 0 aliphatic carbocycles. The number of nitrogens with one attached hydrogen (secondary N) is 2. The van der Waals surface area contributed by atoms with Crippen LogP contribution in [0.4, 0.5) is 10.8 Å². The van der Waals surface area contributed by atoms with Gasteiger partial charge in [-0.25, -0.2) is 0 Å². The Morgan fingerprint density at radius 3 is 3.00 bits per heavy atom. The molecule has 0 radical (unpaired) electrons. The van der Waals surface area contributed by atoms with E-state index in [2.05, 4.69) is 43.3 Å². The first-order valence-electron chi connectivity index (χ1n) is 6.04. The van der Waals surface area contributed by atoms with E-state index in [1.54, 1.807) is 6.08 Å². The smallest absolute Gasteiger partial charge is 0.234 e. The van der Waals surface area contributed by atoms with E-state index in [-0.39, 0.29) is 11.7 Å². The summed E-state index contributed by atoms with van der Waals surface area (Å²) in [7, 11) is 0. The highest BCUT2D eigenvalue weighted by atomic mass is 79.9. The Kier molecular flexibility index (Phi) is 6.21. The van der Waals surface area contributed by atoms with Crippen molar-refractivity contribution < 1.29 is 4.79 Å². The average molecular weight is 385 g/mol. The first kappa shape index (κ1) is 16.0. The van der Waals surface area contributed by atoms with Gasteiger partial charge in [0.05, 0.1) is 11.4 Å². The number of carbonyl (C=O) groups is 1. The Morgan fingerprint density at radius 2 is 2.24 bits per heavy atom. The van der Waals surface area contributed by atoms with Gasteiger partial charge in [0.1, 0.15) is 0 Å². The number of amides is 1. The second-order valence-electron chi connectivity index (χ2n) is 3.86. The van der Waals surface area contributed by atoms with Gasteiger partial charge in [0, 0.05) is 11.0 Å². The molecule has 0 bridgehead atoms. The molecule has 0 spiro atoms. The lowest BCUT2D eigenvalue weighted by molar-refractivity contribution is -0.113. The molecule has 1 heterocycles. The number of aromatic nitrogens is 2. The van der Waals surface area contributed by atoms with Crippen LogP contribution in [0.5, 0.6) is 0 Å². The maximum Gasteiger partial charge on any atom is 0.234 e. The van der Waals surface area contributed by atoms with Gasteiger partial charge in [0.15, 0.2) is 4.34 Å². The van der Waals surface area contributed by atoms with E-state index >= 15 is 0 Å². The van der Waals surface area contributed by atoms with Crippen molar-refractivity contribution in [3.05, 3.63) is 41.4 Å². The highest BCUT2D eigenvalue weighted by Crippen LogP contribution is 2.26. The van der Waals surface area contributed by atoms with E-state index in [1.165, 1.54) is 23.1 Å². The summed E-state index contributed by atoms with van der Waals surface area (Å²) in [6.07, 6.45) is 1.75. The van der Waals surface area contributed by atoms with Crippen molar-refractivity contribution in [1.82, 2.24) is 10.2 Å². The van der Waals surface area contributed by atoms with Gasteiger partial charge in [-0.05, 0) is 28.1 Å². The van der Waals surface area contributed by atoms with Crippen LogP contribution in [0.1, 0.15) is 0 Å². The Hall–Kier alpha value is -1.38. The van der Waals surface area contributed by atoms with Crippen LogP contribution >= 0.6 is 39.0 Å². The lowest BCUT2D eigenvalue weighted by atomic mass is 10.3. The van der Waals surface area contributed by atoms with Crippen LogP contribution in [0.15, 0.2) is 45.7 Å². The zero-order chi connectivity index (χ0) is 15.1. The summed E-state index contributed by atoms with van der Waals surface area (Å²) in [5.74, 6) is 0.208. The minimum Gasteiger partial charge on any atom is -0.357 e. The predicted octanol–water partition coefficient (Wildman–Crippen LogP) is 3.63. The number of rotatable bonds is 7. The Morgan fingerprint density at radius 1 is 1.43 bits per heavy atom. The molecule has 2 aromatic rings. The Labute approximate surface area is 139 Å². The predicted molar refractivity (Wildman–Crippen MR) is 92.1 cm³/mol. The van der Waals surface area contributed by atoms with Gasteiger partial charge >= 0.3 is 0 Å². The maximum atomic E-state index is 11.9. The van der Waals surface area contributed by atoms with Crippen LogP contribution < -0.4 is 10.6 Å². The fraction of sp³-hybridized carbons (Fsp3) is 0.154. The fourth-order valence-corrected chi connectivity index (χ4v) is 3.32. The number of hydrogen-bond donors (Lipinski definition) is 2. The minimum atomic E-state index is -0.0808. The van der Waals surface area contributed by atoms with E-state index in [0.717, 1.165) is 19.6 Å². The monoisotopic (exact) mass is 384 g/mol. The Bertz CT molecular complexity index is 632. The third-order valence-electron chi connectivity index (χ3n) is 2.28. The third kappa shape index (κ3) is 5.14. The zero-order valence-electron chi connectivity index (χ0n) is 11.0. The minimum absolute atomic E-state index is 0.0808. The van der Waals surface area contributed by atoms with E-state index in [0.29, 0.717) is 6.54 Å². The van der Waals surface area contributed by atoms with Crippen LogP contribution in [0.25, 0.3) is 0 Å². The van der Waals surface area contributed by atoms with Crippen molar-refractivity contribution in [2.45, 2.75) is 4.34 Å². The van der Waals surface area contributed by atoms with Crippen molar-refractivity contribution in [1.29, 1.82) is 0 Å². The molecule has 5 nitrogen and oxygen atoms in total. The molecule has 0 saturated heterocycles. The summed E-state index contributed by atoms with van der Waals surface area (Å²) in [6, 6.07) is 7.49. The Balaban J connectivity index is 1.82. The SMILES string of the molecule is C=CCNc1nnc(SCC(=O)Nc2ccccc2Br)s1. The van der Waals surface area contributed by atoms with Crippen molar-refractivity contribution >= 4 is 55.8 Å². The summed E-state index contributed by atoms with van der Waals surface area (Å²) in [5, 5.41) is 14.6. The largest absolute Gasteiger partial charge is 0.357 e. The zero-order valence-corrected chi connectivity index (χ0v) is 14.2. The molecule has 0 aliphatic heterocycles. The van der Waals surface area contributed by atoms with Gasteiger partial charge in [0.25, 0.3) is 0 Å². The average Bonchev–Trinajstić information content (AvgIpc) is 2.93. The van der Waals surface area contributed by atoms with Crippen molar-refractivity contribution in [3.8, 4) is 0 Å². The van der Waals surface area contributed by atoms with Gasteiger partial charge in [0.2, 0.25) is 11.0 Å². The molecule has 0 aliphatic rings. The topological polar surface area (TPSA) is 66.9 Å². The molecule has 21 heavy (non-hydrogen) atoms. The number of carbonyl (C=O) groups excluding carboxylic acids is 1. The van der Waals surface area contributed by atoms with Gasteiger partial charge in [-0.15, -0.1) is 16.8 Å². The highest BCUT2D eigenvalue weighted by Gasteiger charge is 2.09. The first-order chi connectivity index (χ1) is 10.2. The highest BCUT2D eigenvalue weighted by molar-refractivity contribution is 9.10. The normalized spacial score (nSPS) is 10.1. The fourth-order valence-electron chi connectivity index (χ4n) is 1.38. The summed E-state index contributed by atoms with van der Waals surface area (Å²) in [5.41, 5.74) is 0.758. The lowest BCUT2D eigenvalue weighted by Crippen LogP contribution is -2.14. The molecule has 0 saturated carbocycles. The summed E-state index contributed by atoms with van der Waals surface area (Å²) >= 11 is 6.17. The second-order valence-corrected chi connectivity index (χ2v) is 6.91. The molecular weight excluding hydrogens is 372 g/mol. The molecule has 2 N–H and O–H groups in total. The van der Waals surface area contributed by atoms with Crippen molar-refractivity contribution in [2.24, 2.45) is 0 Å². The second kappa shape index (κ2) is 8.16. The molecule has 8 heteroatoms. The molecule has 0 atom stereocenters. The number of benzene rings is 1. The van der Waals surface area contributed by atoms with Crippen LogP contribution in [0.2, 0.25) is 0 Å². The number of thioether (sulfide) groups is 1. The number of anilines is 2. The van der Waals surface area contributed by atoms with E-state index in [1.807, 2.05) is 24.3 Å². The molecule has 0 unspecified atom stereocenters. The van der Waals surface area contributed by atoms with Gasteiger partial charge in [-0.2, -0.15) is 0 Å². The quantitative estimate of drug-likeness (QED) is 0.563. The number of nitrogens with zero attached hydrogens (tertiary/aromatic N) is 2. The summed E-state index contributed by atoms with van der Waals surface area (Å²) in [6.45, 7) is 4.26. The molecule has 1 aromatic heterocycles. The molecule has 0 fully saturated rings. The standard InChI is InChI=1S/C13H13BrN4OS2/c1-2-7-15-12-17-18-13(21-12)20-8-11(19)16-10-6-4-3-5-9(10)14/h2-6H,1,7-8H2,(H,15,17)(H,16,19). The van der Waals surface area contributed by atoms with Crippen molar-refractivity contribution in [2.75, 3.05) is 22.9 Å². The third-order valence-corrected chi connectivity index (χ3v) is 4.98. The van der Waals surface area contributed by atoms with E-state index < -0.39 is 0 Å². The molecular formula is C13H13BrN4OS2. The van der Waals surface area contributed by atoms with Gasteiger partial charge < -0.3 is 10.6 Å². The van der Waals surface area contributed by atoms with Crippen LogP contribution in [0, 0.1) is 0 Å². The van der Waals surface area contributed by atoms with Gasteiger partial charge in [-0.3, -0.25) is 4.79 Å². The molecule has 110 valence electrons. The molecule has 1 aromatic carbocycles. The van der Waals surface area contributed by atoms with Crippen LogP contribution in [-0.2, 0) is 4.79 Å². The van der Waals surface area contributed by atoms with E-state index in [4.69, 9.17) is 0 Å². The van der Waals surface area contributed by atoms with E-state index in [9.17, 15) is 4.79 Å². The number of hydrogen-bond acceptors (Lipinski definition) is 6. The van der Waals surface area contributed by atoms with Crippen LogP contribution in [-0.4, -0.2) is 28.4 Å². The van der Waals surface area contributed by atoms with Crippen LogP contribution in [0.3, 0.4) is 0 Å². The maximum absolute atomic E-state index is 11.9. The number of halogens is 1. The van der Waals surface area contributed by atoms with Gasteiger partial charge in [-0.1, -0.05) is 41.3 Å². The van der Waals surface area contributed by atoms with Crippen molar-refractivity contribution in [3.63, 3.8) is 0 Å². The first-order valence-corrected chi connectivity index (χ1v) is 8.64. The molecule has 2 rings (SSSR count). The number of para-hydroxylation sites is 1. The molecule has 1 amide bonds. The lowest BCUT2D eigenvalue weighted by Gasteiger charge is -2.05.